The topological polar surface area (TPSA) is 66.9 Å². The van der Waals surface area contributed by atoms with Crippen LogP contribution >= 0.6 is 0 Å². The van der Waals surface area contributed by atoms with Gasteiger partial charge in [-0.05, 0) is 23.5 Å². The Hall–Kier alpha value is -1.96. The number of nitro benzene ring substituents is 1. The van der Waals surface area contributed by atoms with Crippen molar-refractivity contribution in [2.45, 2.75) is 32.1 Å². The Balaban J connectivity index is 3.07. The summed E-state index contributed by atoms with van der Waals surface area (Å²) in [6.07, 6.45) is 0.835. The lowest BCUT2D eigenvalue weighted by Gasteiger charge is -2.24. The molecule has 0 bridgehead atoms. The number of halogens is 1. The molecule has 0 radical (unpaired) electrons. The number of hydrogen-bond donors (Lipinski definition) is 0. The zero-order valence-corrected chi connectivity index (χ0v) is 9.74. The zero-order valence-electron chi connectivity index (χ0n) is 9.74. The molecular weight excluding hydrogens is 223 g/mol. The van der Waals surface area contributed by atoms with Crippen LogP contribution in [0.2, 0.25) is 0 Å². The van der Waals surface area contributed by atoms with Gasteiger partial charge in [0.25, 0.3) is 5.69 Å². The third kappa shape index (κ3) is 3.00. The van der Waals surface area contributed by atoms with Crippen LogP contribution in [0.1, 0.15) is 32.3 Å². The lowest BCUT2D eigenvalue weighted by Crippen LogP contribution is -2.18. The third-order valence-electron chi connectivity index (χ3n) is 2.75. The van der Waals surface area contributed by atoms with Gasteiger partial charge >= 0.3 is 0 Å². The lowest BCUT2D eigenvalue weighted by atomic mass is 9.80. The number of nitriles is 1. The maximum atomic E-state index is 13.7. The Labute approximate surface area is 98.8 Å². The third-order valence-corrected chi connectivity index (χ3v) is 2.75. The van der Waals surface area contributed by atoms with E-state index in [1.165, 1.54) is 12.1 Å². The second kappa shape index (κ2) is 4.91. The quantitative estimate of drug-likeness (QED) is 0.594. The number of nitrogens with zero attached hydrogens (tertiary/aromatic N) is 2. The maximum absolute atomic E-state index is 13.7. The summed E-state index contributed by atoms with van der Waals surface area (Å²) in [5.41, 5.74) is -0.365. The highest BCUT2D eigenvalue weighted by atomic mass is 19.1. The van der Waals surface area contributed by atoms with E-state index < -0.39 is 16.2 Å². The van der Waals surface area contributed by atoms with E-state index >= 15 is 0 Å². The van der Waals surface area contributed by atoms with Crippen molar-refractivity contribution in [1.29, 1.82) is 5.26 Å². The lowest BCUT2D eigenvalue weighted by molar-refractivity contribution is -0.385. The molecule has 0 spiro atoms. The van der Waals surface area contributed by atoms with E-state index in [4.69, 9.17) is 5.26 Å². The highest BCUT2D eigenvalue weighted by Crippen LogP contribution is 2.31. The van der Waals surface area contributed by atoms with Gasteiger partial charge in [-0.2, -0.15) is 5.26 Å². The van der Waals surface area contributed by atoms with Crippen molar-refractivity contribution >= 4 is 5.69 Å². The molecular formula is C12H13FN2O2. The van der Waals surface area contributed by atoms with Crippen LogP contribution in [-0.2, 0) is 5.41 Å². The standard InChI is InChI=1S/C12H13FN2O2/c1-12(2,6-3-7-14)10-5-4-9(15(16)17)8-11(10)13/h4-5,8H,3,6H2,1-2H3. The summed E-state index contributed by atoms with van der Waals surface area (Å²) in [7, 11) is 0. The second-order valence-electron chi connectivity index (χ2n) is 4.46. The summed E-state index contributed by atoms with van der Waals surface area (Å²) in [4.78, 5) is 9.85. The highest BCUT2D eigenvalue weighted by Gasteiger charge is 2.25. The van der Waals surface area contributed by atoms with Crippen LogP contribution < -0.4 is 0 Å². The first-order chi connectivity index (χ1) is 7.88. The molecule has 0 atom stereocenters. The molecule has 0 fully saturated rings. The minimum Gasteiger partial charge on any atom is -0.258 e. The molecule has 0 saturated heterocycles. The first-order valence-electron chi connectivity index (χ1n) is 5.20. The molecule has 4 nitrogen and oxygen atoms in total. The Kier molecular flexibility index (Phi) is 3.79. The van der Waals surface area contributed by atoms with Gasteiger partial charge in [-0.25, -0.2) is 4.39 Å². The summed E-state index contributed by atoms with van der Waals surface area (Å²) in [6.45, 7) is 3.63. The van der Waals surface area contributed by atoms with E-state index in [1.54, 1.807) is 0 Å². The molecule has 1 aromatic rings. The Morgan fingerprint density at radius 3 is 2.65 bits per heavy atom. The van der Waals surface area contributed by atoms with Gasteiger partial charge in [0.05, 0.1) is 17.1 Å². The molecule has 0 amide bonds. The number of rotatable bonds is 4. The summed E-state index contributed by atoms with van der Waals surface area (Å²) in [5, 5.41) is 19.0. The molecule has 0 N–H and O–H groups in total. The van der Waals surface area contributed by atoms with E-state index in [0.29, 0.717) is 18.4 Å². The summed E-state index contributed by atoms with van der Waals surface area (Å²) >= 11 is 0. The minimum atomic E-state index is -0.630. The number of non-ortho nitro benzene ring substituents is 1. The van der Waals surface area contributed by atoms with Crippen LogP contribution in [0.3, 0.4) is 0 Å². The van der Waals surface area contributed by atoms with Gasteiger partial charge < -0.3 is 0 Å². The smallest absolute Gasteiger partial charge is 0.258 e. The van der Waals surface area contributed by atoms with Crippen LogP contribution in [0.15, 0.2) is 18.2 Å². The molecule has 17 heavy (non-hydrogen) atoms. The average Bonchev–Trinajstić information content (AvgIpc) is 2.25. The summed E-state index contributed by atoms with van der Waals surface area (Å²) in [6, 6.07) is 5.64. The van der Waals surface area contributed by atoms with Crippen molar-refractivity contribution in [2.24, 2.45) is 0 Å². The summed E-state index contributed by atoms with van der Waals surface area (Å²) < 4.78 is 13.7. The monoisotopic (exact) mass is 236 g/mol. The van der Waals surface area contributed by atoms with Crippen molar-refractivity contribution in [3.63, 3.8) is 0 Å². The second-order valence-corrected chi connectivity index (χ2v) is 4.46. The predicted octanol–water partition coefficient (Wildman–Crippen LogP) is 3.32. The van der Waals surface area contributed by atoms with Crippen LogP contribution in [-0.4, -0.2) is 4.92 Å². The van der Waals surface area contributed by atoms with Gasteiger partial charge in [-0.1, -0.05) is 13.8 Å². The van der Waals surface area contributed by atoms with E-state index in [1.807, 2.05) is 19.9 Å². The maximum Gasteiger partial charge on any atom is 0.272 e. The highest BCUT2D eigenvalue weighted by molar-refractivity contribution is 5.37. The van der Waals surface area contributed by atoms with E-state index in [2.05, 4.69) is 0 Å². The normalized spacial score (nSPS) is 10.9. The van der Waals surface area contributed by atoms with Crippen LogP contribution in [0, 0.1) is 27.3 Å². The molecule has 0 aromatic heterocycles. The SMILES string of the molecule is CC(C)(CCC#N)c1ccc([N+](=O)[O-])cc1F. The number of hydrogen-bond acceptors (Lipinski definition) is 3. The van der Waals surface area contributed by atoms with Crippen LogP contribution in [0.4, 0.5) is 10.1 Å². The van der Waals surface area contributed by atoms with Crippen molar-refractivity contribution in [3.05, 3.63) is 39.7 Å². The number of nitro groups is 1. The molecule has 1 rings (SSSR count). The van der Waals surface area contributed by atoms with Gasteiger partial charge in [0, 0.05) is 12.5 Å². The summed E-state index contributed by atoms with van der Waals surface area (Å²) in [5.74, 6) is -0.595. The molecule has 0 heterocycles. The molecule has 5 heteroatoms. The van der Waals surface area contributed by atoms with Crippen molar-refractivity contribution in [3.8, 4) is 6.07 Å². The van der Waals surface area contributed by atoms with Gasteiger partial charge in [0.15, 0.2) is 0 Å². The zero-order chi connectivity index (χ0) is 13.1. The van der Waals surface area contributed by atoms with E-state index in [9.17, 15) is 14.5 Å². The molecule has 90 valence electrons. The van der Waals surface area contributed by atoms with E-state index in [-0.39, 0.29) is 5.69 Å². The van der Waals surface area contributed by atoms with Gasteiger partial charge in [0.1, 0.15) is 5.82 Å². The Morgan fingerprint density at radius 2 is 2.18 bits per heavy atom. The fourth-order valence-corrected chi connectivity index (χ4v) is 1.67. The van der Waals surface area contributed by atoms with Gasteiger partial charge in [-0.15, -0.1) is 0 Å². The fraction of sp³-hybridized carbons (Fsp3) is 0.417. The molecule has 0 saturated carbocycles. The number of benzene rings is 1. The molecule has 0 aliphatic carbocycles. The van der Waals surface area contributed by atoms with Crippen molar-refractivity contribution < 1.29 is 9.31 Å². The van der Waals surface area contributed by atoms with Crippen molar-refractivity contribution in [1.82, 2.24) is 0 Å². The Bertz CT molecular complexity index is 478. The van der Waals surface area contributed by atoms with Crippen LogP contribution in [0.25, 0.3) is 0 Å². The molecule has 0 aliphatic heterocycles. The van der Waals surface area contributed by atoms with Gasteiger partial charge in [-0.3, -0.25) is 10.1 Å². The fourth-order valence-electron chi connectivity index (χ4n) is 1.67. The van der Waals surface area contributed by atoms with Crippen LogP contribution in [0.5, 0.6) is 0 Å². The Morgan fingerprint density at radius 1 is 1.53 bits per heavy atom. The van der Waals surface area contributed by atoms with E-state index in [0.717, 1.165) is 6.07 Å². The predicted molar refractivity (Wildman–Crippen MR) is 60.9 cm³/mol. The minimum absolute atomic E-state index is 0.262. The molecule has 1 aromatic carbocycles. The van der Waals surface area contributed by atoms with Gasteiger partial charge in [0.2, 0.25) is 0 Å². The molecule has 0 aliphatic rings. The first kappa shape index (κ1) is 13.1. The van der Waals surface area contributed by atoms with Crippen molar-refractivity contribution in [2.75, 3.05) is 0 Å². The molecule has 0 unspecified atom stereocenters. The first-order valence-corrected chi connectivity index (χ1v) is 5.20. The largest absolute Gasteiger partial charge is 0.272 e. The average molecular weight is 236 g/mol.